The third-order valence-electron chi connectivity index (χ3n) is 3.11. The van der Waals surface area contributed by atoms with Gasteiger partial charge in [-0.05, 0) is 42.4 Å². The fraction of sp³-hybridized carbons (Fsp3) is 0.600. The van der Waals surface area contributed by atoms with Crippen LogP contribution < -0.4 is 10.5 Å². The van der Waals surface area contributed by atoms with Crippen molar-refractivity contribution in [3.63, 3.8) is 0 Å². The van der Waals surface area contributed by atoms with Gasteiger partial charge in [0.1, 0.15) is 5.75 Å². The van der Waals surface area contributed by atoms with Crippen LogP contribution in [0.2, 0.25) is 0 Å². The molecule has 0 bridgehead atoms. The lowest BCUT2D eigenvalue weighted by Gasteiger charge is -2.20. The minimum absolute atomic E-state index is 0.161. The summed E-state index contributed by atoms with van der Waals surface area (Å²) < 4.78 is 5.60. The summed E-state index contributed by atoms with van der Waals surface area (Å²) in [6.45, 7) is 8.63. The van der Waals surface area contributed by atoms with E-state index in [9.17, 15) is 0 Å². The molecule has 0 radical (unpaired) electrons. The molecule has 0 saturated carbocycles. The molecule has 0 aliphatic rings. The van der Waals surface area contributed by atoms with Crippen LogP contribution in [0.1, 0.15) is 50.3 Å². The maximum absolute atomic E-state index is 5.95. The van der Waals surface area contributed by atoms with E-state index in [4.69, 9.17) is 10.5 Å². The number of hydrogen-bond acceptors (Lipinski definition) is 2. The molecule has 96 valence electrons. The van der Waals surface area contributed by atoms with E-state index in [0.717, 1.165) is 18.6 Å². The van der Waals surface area contributed by atoms with Crippen LogP contribution in [0.5, 0.6) is 5.75 Å². The Hall–Kier alpha value is -1.02. The molecule has 0 aromatic heterocycles. The van der Waals surface area contributed by atoms with E-state index in [1.54, 1.807) is 7.11 Å². The maximum atomic E-state index is 5.95. The van der Waals surface area contributed by atoms with Crippen molar-refractivity contribution in [2.75, 3.05) is 7.11 Å². The topological polar surface area (TPSA) is 35.2 Å². The zero-order chi connectivity index (χ0) is 13.0. The molecule has 17 heavy (non-hydrogen) atoms. The summed E-state index contributed by atoms with van der Waals surface area (Å²) in [6, 6.07) is 4.57. The van der Waals surface area contributed by atoms with E-state index in [1.807, 2.05) is 6.92 Å². The minimum Gasteiger partial charge on any atom is -0.496 e. The number of ether oxygens (including phenoxy) is 1. The molecule has 1 atom stereocenters. The van der Waals surface area contributed by atoms with Gasteiger partial charge in [-0.15, -0.1) is 0 Å². The molecular formula is C15H25NO. The van der Waals surface area contributed by atoms with Gasteiger partial charge in [-0.1, -0.05) is 32.9 Å². The molecule has 1 aromatic carbocycles. The Morgan fingerprint density at radius 2 is 1.88 bits per heavy atom. The highest BCUT2D eigenvalue weighted by atomic mass is 16.5. The number of hydrogen-bond donors (Lipinski definition) is 1. The van der Waals surface area contributed by atoms with Crippen molar-refractivity contribution < 1.29 is 4.74 Å². The van der Waals surface area contributed by atoms with Crippen LogP contribution in [0.15, 0.2) is 12.1 Å². The Morgan fingerprint density at radius 3 is 2.29 bits per heavy atom. The first kappa shape index (κ1) is 14.0. The highest BCUT2D eigenvalue weighted by molar-refractivity contribution is 5.48. The number of methoxy groups -OCH3 is 1. The molecule has 2 heteroatoms. The summed E-state index contributed by atoms with van der Waals surface area (Å²) in [7, 11) is 1.75. The van der Waals surface area contributed by atoms with E-state index < -0.39 is 0 Å². The van der Waals surface area contributed by atoms with Gasteiger partial charge in [0.25, 0.3) is 0 Å². The molecule has 0 spiro atoms. The van der Waals surface area contributed by atoms with Gasteiger partial charge in [0, 0.05) is 6.04 Å². The van der Waals surface area contributed by atoms with Crippen LogP contribution in [0.4, 0.5) is 0 Å². The molecule has 0 saturated heterocycles. The van der Waals surface area contributed by atoms with Gasteiger partial charge in [-0.2, -0.15) is 0 Å². The second kappa shape index (κ2) is 6.06. The zero-order valence-corrected chi connectivity index (χ0v) is 11.7. The molecule has 1 rings (SSSR count). The predicted octanol–water partition coefficient (Wildman–Crippen LogP) is 3.27. The Bertz CT molecular complexity index is 369. The Kier molecular flexibility index (Phi) is 5.01. The fourth-order valence-corrected chi connectivity index (χ4v) is 2.30. The van der Waals surface area contributed by atoms with Crippen molar-refractivity contribution in [2.45, 2.75) is 52.5 Å². The van der Waals surface area contributed by atoms with Crippen molar-refractivity contribution >= 4 is 0 Å². The van der Waals surface area contributed by atoms with E-state index in [2.05, 4.69) is 32.9 Å². The summed E-state index contributed by atoms with van der Waals surface area (Å²) in [5.74, 6) is 1.54. The van der Waals surface area contributed by atoms with Gasteiger partial charge in [-0.3, -0.25) is 0 Å². The lowest BCUT2D eigenvalue weighted by molar-refractivity contribution is 0.402. The highest BCUT2D eigenvalue weighted by Gasteiger charge is 2.16. The molecular weight excluding hydrogens is 210 g/mol. The van der Waals surface area contributed by atoms with Gasteiger partial charge in [-0.25, -0.2) is 0 Å². The van der Waals surface area contributed by atoms with Crippen molar-refractivity contribution in [1.29, 1.82) is 0 Å². The fourth-order valence-electron chi connectivity index (χ4n) is 2.30. The molecule has 2 N–H and O–H groups in total. The summed E-state index contributed by atoms with van der Waals surface area (Å²) in [4.78, 5) is 0. The Morgan fingerprint density at radius 1 is 1.24 bits per heavy atom. The Labute approximate surface area is 105 Å². The lowest BCUT2D eigenvalue weighted by Crippen LogP contribution is -2.20. The monoisotopic (exact) mass is 235 g/mol. The lowest BCUT2D eigenvalue weighted by atomic mass is 9.90. The van der Waals surface area contributed by atoms with Gasteiger partial charge < -0.3 is 10.5 Å². The van der Waals surface area contributed by atoms with Crippen molar-refractivity contribution in [2.24, 2.45) is 5.73 Å². The number of nitrogens with two attached hydrogens (primary N) is 1. The Balaban J connectivity index is 3.33. The molecule has 1 unspecified atom stereocenters. The number of rotatable bonds is 5. The summed E-state index contributed by atoms with van der Waals surface area (Å²) in [5, 5.41) is 0. The highest BCUT2D eigenvalue weighted by Crippen LogP contribution is 2.32. The van der Waals surface area contributed by atoms with Crippen LogP contribution in [0.25, 0.3) is 0 Å². The van der Waals surface area contributed by atoms with Crippen LogP contribution in [0.3, 0.4) is 0 Å². The smallest absolute Gasteiger partial charge is 0.125 e. The summed E-state index contributed by atoms with van der Waals surface area (Å²) in [5.41, 5.74) is 9.87. The summed E-state index contributed by atoms with van der Waals surface area (Å²) >= 11 is 0. The van der Waals surface area contributed by atoms with Crippen LogP contribution in [-0.4, -0.2) is 13.2 Å². The normalized spacial score (nSPS) is 12.9. The second-order valence-electron chi connectivity index (χ2n) is 5.02. The molecule has 0 aliphatic heterocycles. The SMILES string of the molecule is CCc1ccc(C(C)C)c(CC(C)N)c1OC. The van der Waals surface area contributed by atoms with Gasteiger partial charge in [0.15, 0.2) is 0 Å². The van der Waals surface area contributed by atoms with Crippen LogP contribution in [-0.2, 0) is 12.8 Å². The van der Waals surface area contributed by atoms with Gasteiger partial charge >= 0.3 is 0 Å². The van der Waals surface area contributed by atoms with Crippen molar-refractivity contribution in [1.82, 2.24) is 0 Å². The average molecular weight is 235 g/mol. The third kappa shape index (κ3) is 3.22. The molecule has 0 aliphatic carbocycles. The van der Waals surface area contributed by atoms with Crippen molar-refractivity contribution in [3.05, 3.63) is 28.8 Å². The molecule has 0 amide bonds. The average Bonchev–Trinajstić information content (AvgIpc) is 2.27. The van der Waals surface area contributed by atoms with E-state index >= 15 is 0 Å². The second-order valence-corrected chi connectivity index (χ2v) is 5.02. The maximum Gasteiger partial charge on any atom is 0.125 e. The van der Waals surface area contributed by atoms with Crippen molar-refractivity contribution in [3.8, 4) is 5.75 Å². The molecule has 0 fully saturated rings. The standard InChI is InChI=1S/C15H25NO/c1-6-12-7-8-13(10(2)3)14(9-11(4)16)15(12)17-5/h7-8,10-11H,6,9,16H2,1-5H3. The van der Waals surface area contributed by atoms with E-state index in [-0.39, 0.29) is 6.04 Å². The first-order valence-electron chi connectivity index (χ1n) is 6.45. The third-order valence-corrected chi connectivity index (χ3v) is 3.11. The minimum atomic E-state index is 0.161. The van der Waals surface area contributed by atoms with Gasteiger partial charge in [0.2, 0.25) is 0 Å². The number of aryl methyl sites for hydroxylation is 1. The zero-order valence-electron chi connectivity index (χ0n) is 11.7. The van der Waals surface area contributed by atoms with Crippen LogP contribution in [0, 0.1) is 0 Å². The molecule has 2 nitrogen and oxygen atoms in total. The molecule has 1 aromatic rings. The number of benzene rings is 1. The first-order chi connectivity index (χ1) is 8.01. The molecule has 0 heterocycles. The van der Waals surface area contributed by atoms with E-state index in [1.165, 1.54) is 16.7 Å². The summed E-state index contributed by atoms with van der Waals surface area (Å²) in [6.07, 6.45) is 1.87. The van der Waals surface area contributed by atoms with Gasteiger partial charge in [0.05, 0.1) is 7.11 Å². The quantitative estimate of drug-likeness (QED) is 0.850. The van der Waals surface area contributed by atoms with E-state index in [0.29, 0.717) is 5.92 Å². The first-order valence-corrected chi connectivity index (χ1v) is 6.45. The van der Waals surface area contributed by atoms with Crippen LogP contribution >= 0.6 is 0 Å². The largest absolute Gasteiger partial charge is 0.496 e. The predicted molar refractivity (Wildman–Crippen MR) is 73.8 cm³/mol.